The second kappa shape index (κ2) is 5.13. The van der Waals surface area contributed by atoms with Crippen LogP contribution < -0.4 is 0 Å². The van der Waals surface area contributed by atoms with E-state index in [2.05, 4.69) is 17.0 Å². The predicted octanol–water partition coefficient (Wildman–Crippen LogP) is 2.06. The Labute approximate surface area is 86.2 Å². The molecule has 0 radical (unpaired) electrons. The molecule has 0 aliphatic carbocycles. The first-order valence-electron chi connectivity index (χ1n) is 5.06. The number of hydrogen-bond donors (Lipinski definition) is 1. The van der Waals surface area contributed by atoms with Crippen molar-refractivity contribution in [3.8, 4) is 0 Å². The van der Waals surface area contributed by atoms with Crippen LogP contribution in [0.4, 0.5) is 0 Å². The minimum atomic E-state index is -0.299. The number of aliphatic hydroxyl groups is 1. The number of likely N-dealkylation sites (N-methyl/N-ethyl adjacent to an activating group) is 1. The summed E-state index contributed by atoms with van der Waals surface area (Å²) in [7, 11) is 3.99. The van der Waals surface area contributed by atoms with Crippen molar-refractivity contribution in [2.45, 2.75) is 25.5 Å². The van der Waals surface area contributed by atoms with Gasteiger partial charge in [-0.2, -0.15) is 0 Å². The molecule has 0 aromatic heterocycles. The fourth-order valence-electron chi connectivity index (χ4n) is 1.74. The third-order valence-corrected chi connectivity index (χ3v) is 2.48. The van der Waals surface area contributed by atoms with Gasteiger partial charge in [-0.15, -0.1) is 0 Å². The van der Waals surface area contributed by atoms with Crippen molar-refractivity contribution in [3.05, 3.63) is 35.9 Å². The van der Waals surface area contributed by atoms with Gasteiger partial charge in [0.2, 0.25) is 0 Å². The molecule has 2 atom stereocenters. The van der Waals surface area contributed by atoms with Crippen LogP contribution in [0.2, 0.25) is 0 Å². The number of rotatable bonds is 4. The standard InChI is InChI=1S/C12H19NO/c1-4-11(14)12(13(2)3)10-8-6-5-7-9-10/h5-9,11-12,14H,4H2,1-3H3/t11-,12+/m0/s1. The summed E-state index contributed by atoms with van der Waals surface area (Å²) in [6.45, 7) is 2.00. The van der Waals surface area contributed by atoms with Crippen molar-refractivity contribution in [1.29, 1.82) is 0 Å². The van der Waals surface area contributed by atoms with E-state index in [1.54, 1.807) is 0 Å². The van der Waals surface area contributed by atoms with E-state index < -0.39 is 0 Å². The van der Waals surface area contributed by atoms with Crippen molar-refractivity contribution >= 4 is 0 Å². The summed E-state index contributed by atoms with van der Waals surface area (Å²) in [5.41, 5.74) is 1.17. The lowest BCUT2D eigenvalue weighted by molar-refractivity contribution is 0.0727. The molecular weight excluding hydrogens is 174 g/mol. The topological polar surface area (TPSA) is 23.5 Å². The maximum Gasteiger partial charge on any atom is 0.0734 e. The molecular formula is C12H19NO. The Morgan fingerprint density at radius 1 is 1.21 bits per heavy atom. The summed E-state index contributed by atoms with van der Waals surface area (Å²) in [6, 6.07) is 10.2. The van der Waals surface area contributed by atoms with Gasteiger partial charge in [0.1, 0.15) is 0 Å². The first kappa shape index (κ1) is 11.2. The molecule has 0 unspecified atom stereocenters. The van der Waals surface area contributed by atoms with Gasteiger partial charge >= 0.3 is 0 Å². The van der Waals surface area contributed by atoms with Crippen molar-refractivity contribution in [1.82, 2.24) is 4.90 Å². The molecule has 0 saturated heterocycles. The zero-order chi connectivity index (χ0) is 10.6. The van der Waals surface area contributed by atoms with E-state index in [0.717, 1.165) is 6.42 Å². The van der Waals surface area contributed by atoms with Gasteiger partial charge in [0.05, 0.1) is 12.1 Å². The molecule has 0 aliphatic rings. The zero-order valence-electron chi connectivity index (χ0n) is 9.14. The second-order valence-corrected chi connectivity index (χ2v) is 3.79. The number of nitrogens with zero attached hydrogens (tertiary/aromatic N) is 1. The lowest BCUT2D eigenvalue weighted by Gasteiger charge is -2.28. The van der Waals surface area contributed by atoms with Crippen molar-refractivity contribution in [2.24, 2.45) is 0 Å². The normalized spacial score (nSPS) is 15.5. The minimum absolute atomic E-state index is 0.0983. The molecule has 2 nitrogen and oxygen atoms in total. The first-order chi connectivity index (χ1) is 6.66. The Morgan fingerprint density at radius 3 is 2.21 bits per heavy atom. The third-order valence-electron chi connectivity index (χ3n) is 2.48. The van der Waals surface area contributed by atoms with Crippen LogP contribution in [-0.4, -0.2) is 30.2 Å². The molecule has 2 heteroatoms. The number of aliphatic hydroxyl groups excluding tert-OH is 1. The van der Waals surface area contributed by atoms with Gasteiger partial charge in [0.15, 0.2) is 0 Å². The van der Waals surface area contributed by atoms with Crippen molar-refractivity contribution in [3.63, 3.8) is 0 Å². The minimum Gasteiger partial charge on any atom is -0.391 e. The van der Waals surface area contributed by atoms with Crippen LogP contribution in [0.5, 0.6) is 0 Å². The first-order valence-corrected chi connectivity index (χ1v) is 5.06. The Balaban J connectivity index is 2.89. The maximum absolute atomic E-state index is 9.90. The summed E-state index contributed by atoms with van der Waals surface area (Å²) in [6.07, 6.45) is 0.477. The largest absolute Gasteiger partial charge is 0.391 e. The third kappa shape index (κ3) is 2.56. The molecule has 78 valence electrons. The Bertz CT molecular complexity index is 258. The van der Waals surface area contributed by atoms with Crippen molar-refractivity contribution in [2.75, 3.05) is 14.1 Å². The SMILES string of the molecule is CC[C@H](O)[C@@H](c1ccccc1)N(C)C. The summed E-state index contributed by atoms with van der Waals surface area (Å²) >= 11 is 0. The molecule has 1 aromatic carbocycles. The van der Waals surface area contributed by atoms with E-state index in [1.807, 2.05) is 39.2 Å². The number of hydrogen-bond acceptors (Lipinski definition) is 2. The molecule has 0 heterocycles. The van der Waals surface area contributed by atoms with Gasteiger partial charge in [0.25, 0.3) is 0 Å². The predicted molar refractivity (Wildman–Crippen MR) is 59.2 cm³/mol. The van der Waals surface area contributed by atoms with Gasteiger partial charge in [-0.05, 0) is 26.1 Å². The summed E-state index contributed by atoms with van der Waals surface area (Å²) < 4.78 is 0. The fourth-order valence-corrected chi connectivity index (χ4v) is 1.74. The quantitative estimate of drug-likeness (QED) is 0.791. The van der Waals surface area contributed by atoms with Crippen LogP contribution in [0.15, 0.2) is 30.3 Å². The summed E-state index contributed by atoms with van der Waals surface area (Å²) in [4.78, 5) is 2.06. The molecule has 1 N–H and O–H groups in total. The smallest absolute Gasteiger partial charge is 0.0734 e. The second-order valence-electron chi connectivity index (χ2n) is 3.79. The molecule has 0 aliphatic heterocycles. The molecule has 0 bridgehead atoms. The molecule has 1 rings (SSSR count). The lowest BCUT2D eigenvalue weighted by Crippen LogP contribution is -2.30. The highest BCUT2D eigenvalue weighted by molar-refractivity contribution is 5.19. The highest BCUT2D eigenvalue weighted by atomic mass is 16.3. The van der Waals surface area contributed by atoms with Gasteiger partial charge in [0, 0.05) is 0 Å². The summed E-state index contributed by atoms with van der Waals surface area (Å²) in [5, 5.41) is 9.90. The van der Waals surface area contributed by atoms with Gasteiger partial charge in [-0.3, -0.25) is 0 Å². The lowest BCUT2D eigenvalue weighted by atomic mass is 9.99. The van der Waals surface area contributed by atoms with Crippen LogP contribution in [0, 0.1) is 0 Å². The van der Waals surface area contributed by atoms with E-state index in [0.29, 0.717) is 0 Å². The summed E-state index contributed by atoms with van der Waals surface area (Å²) in [5.74, 6) is 0. The molecule has 0 fully saturated rings. The van der Waals surface area contributed by atoms with E-state index in [9.17, 15) is 5.11 Å². The Morgan fingerprint density at radius 2 is 1.79 bits per heavy atom. The number of benzene rings is 1. The molecule has 0 spiro atoms. The average Bonchev–Trinajstić information content (AvgIpc) is 2.19. The van der Waals surface area contributed by atoms with Crippen LogP contribution in [0.1, 0.15) is 24.9 Å². The van der Waals surface area contributed by atoms with Crippen LogP contribution in [-0.2, 0) is 0 Å². The molecule has 1 aromatic rings. The van der Waals surface area contributed by atoms with Crippen LogP contribution in [0.25, 0.3) is 0 Å². The van der Waals surface area contributed by atoms with E-state index in [1.165, 1.54) is 5.56 Å². The maximum atomic E-state index is 9.90. The highest BCUT2D eigenvalue weighted by Crippen LogP contribution is 2.23. The molecule has 0 saturated carbocycles. The van der Waals surface area contributed by atoms with Gasteiger partial charge < -0.3 is 10.0 Å². The average molecular weight is 193 g/mol. The van der Waals surface area contributed by atoms with E-state index >= 15 is 0 Å². The Kier molecular flexibility index (Phi) is 4.11. The van der Waals surface area contributed by atoms with Crippen LogP contribution >= 0.6 is 0 Å². The van der Waals surface area contributed by atoms with Crippen molar-refractivity contribution < 1.29 is 5.11 Å². The van der Waals surface area contributed by atoms with Crippen LogP contribution in [0.3, 0.4) is 0 Å². The molecule has 0 amide bonds. The highest BCUT2D eigenvalue weighted by Gasteiger charge is 2.21. The monoisotopic (exact) mass is 193 g/mol. The molecule has 14 heavy (non-hydrogen) atoms. The Hall–Kier alpha value is -0.860. The van der Waals surface area contributed by atoms with E-state index in [4.69, 9.17) is 0 Å². The van der Waals surface area contributed by atoms with Gasteiger partial charge in [-0.1, -0.05) is 37.3 Å². The fraction of sp³-hybridized carbons (Fsp3) is 0.500. The zero-order valence-corrected chi connectivity index (χ0v) is 9.14. The van der Waals surface area contributed by atoms with Gasteiger partial charge in [-0.25, -0.2) is 0 Å². The van der Waals surface area contributed by atoms with E-state index in [-0.39, 0.29) is 12.1 Å².